The molecule has 0 amide bonds. The summed E-state index contributed by atoms with van der Waals surface area (Å²) >= 11 is 2.20. The first-order valence-corrected chi connectivity index (χ1v) is 7.60. The van der Waals surface area contributed by atoms with E-state index in [0.717, 1.165) is 14.8 Å². The number of aromatic nitrogens is 2. The standard InChI is InChI=1S/C15H17IN4O2/c1-4-5-22-14-12(16)6-11(7-13(14)21-3)8-18-20-9-10(2)19-15(20)17/h4,6-9H,1,5H2,2-3H3,(H2,17,19). The Morgan fingerprint density at radius 1 is 1.50 bits per heavy atom. The Morgan fingerprint density at radius 2 is 2.27 bits per heavy atom. The SMILES string of the molecule is C=CCOc1c(I)cc(C=Nn2cc(C)nc2N)cc1OC. The Bertz CT molecular complexity index is 710. The van der Waals surface area contributed by atoms with Crippen molar-refractivity contribution in [1.29, 1.82) is 0 Å². The number of nitrogens with two attached hydrogens (primary N) is 1. The van der Waals surface area contributed by atoms with E-state index < -0.39 is 0 Å². The average molecular weight is 412 g/mol. The fourth-order valence-corrected chi connectivity index (χ4v) is 2.60. The van der Waals surface area contributed by atoms with E-state index in [-0.39, 0.29) is 0 Å². The van der Waals surface area contributed by atoms with Gasteiger partial charge in [-0.2, -0.15) is 5.10 Å². The first-order chi connectivity index (χ1) is 10.5. The van der Waals surface area contributed by atoms with E-state index in [2.05, 4.69) is 39.3 Å². The minimum Gasteiger partial charge on any atom is -0.493 e. The highest BCUT2D eigenvalue weighted by molar-refractivity contribution is 14.1. The maximum absolute atomic E-state index is 5.75. The number of methoxy groups -OCH3 is 1. The summed E-state index contributed by atoms with van der Waals surface area (Å²) in [6.07, 6.45) is 5.14. The van der Waals surface area contributed by atoms with Crippen LogP contribution in [0.5, 0.6) is 11.5 Å². The second-order valence-electron chi connectivity index (χ2n) is 4.46. The summed E-state index contributed by atoms with van der Waals surface area (Å²) in [4.78, 5) is 4.09. The minimum absolute atomic E-state index is 0.348. The van der Waals surface area contributed by atoms with Crippen LogP contribution in [0.25, 0.3) is 0 Å². The van der Waals surface area contributed by atoms with Crippen LogP contribution in [0.2, 0.25) is 0 Å². The molecule has 1 aromatic carbocycles. The van der Waals surface area contributed by atoms with E-state index in [1.54, 1.807) is 25.6 Å². The van der Waals surface area contributed by atoms with Crippen molar-refractivity contribution in [2.75, 3.05) is 19.5 Å². The van der Waals surface area contributed by atoms with Gasteiger partial charge in [0.05, 0.1) is 28.8 Å². The molecule has 2 N–H and O–H groups in total. The Morgan fingerprint density at radius 3 is 2.86 bits per heavy atom. The van der Waals surface area contributed by atoms with Crippen molar-refractivity contribution in [2.45, 2.75) is 6.92 Å². The first-order valence-electron chi connectivity index (χ1n) is 6.52. The van der Waals surface area contributed by atoms with E-state index in [1.165, 1.54) is 4.68 Å². The number of anilines is 1. The summed E-state index contributed by atoms with van der Waals surface area (Å²) in [5.41, 5.74) is 7.44. The molecular formula is C15H17IN4O2. The monoisotopic (exact) mass is 412 g/mol. The van der Waals surface area contributed by atoms with Gasteiger partial charge < -0.3 is 15.2 Å². The van der Waals surface area contributed by atoms with Gasteiger partial charge in [-0.05, 0) is 47.2 Å². The average Bonchev–Trinajstić information content (AvgIpc) is 2.81. The number of imidazole rings is 1. The molecule has 0 aliphatic rings. The highest BCUT2D eigenvalue weighted by Crippen LogP contribution is 2.33. The minimum atomic E-state index is 0.348. The van der Waals surface area contributed by atoms with Crippen LogP contribution in [-0.4, -0.2) is 29.6 Å². The highest BCUT2D eigenvalue weighted by Gasteiger charge is 2.10. The molecule has 2 aromatic rings. The number of aryl methyl sites for hydroxylation is 1. The molecule has 1 aromatic heterocycles. The fraction of sp³-hybridized carbons (Fsp3) is 0.200. The van der Waals surface area contributed by atoms with Crippen LogP contribution in [0.1, 0.15) is 11.3 Å². The van der Waals surface area contributed by atoms with E-state index >= 15 is 0 Å². The van der Waals surface area contributed by atoms with Crippen LogP contribution in [0.4, 0.5) is 5.95 Å². The van der Waals surface area contributed by atoms with Crippen molar-refractivity contribution in [3.8, 4) is 11.5 Å². The molecule has 0 radical (unpaired) electrons. The number of halogens is 1. The maximum atomic E-state index is 5.75. The fourth-order valence-electron chi connectivity index (χ4n) is 1.82. The Labute approximate surface area is 142 Å². The lowest BCUT2D eigenvalue weighted by Gasteiger charge is -2.12. The largest absolute Gasteiger partial charge is 0.493 e. The molecule has 116 valence electrons. The molecule has 0 aliphatic carbocycles. The third-order valence-corrected chi connectivity index (χ3v) is 3.56. The summed E-state index contributed by atoms with van der Waals surface area (Å²) in [5.74, 6) is 1.68. The molecule has 6 nitrogen and oxygen atoms in total. The quantitative estimate of drug-likeness (QED) is 0.450. The zero-order chi connectivity index (χ0) is 16.1. The molecular weight excluding hydrogens is 395 g/mol. The number of nitrogens with zero attached hydrogens (tertiary/aromatic N) is 3. The van der Waals surface area contributed by atoms with Crippen LogP contribution >= 0.6 is 22.6 Å². The number of ether oxygens (including phenoxy) is 2. The first kappa shape index (κ1) is 16.3. The molecule has 0 aliphatic heterocycles. The van der Waals surface area contributed by atoms with E-state index in [4.69, 9.17) is 15.2 Å². The predicted octanol–water partition coefficient (Wildman–Crippen LogP) is 2.83. The predicted molar refractivity (Wildman–Crippen MR) is 95.8 cm³/mol. The highest BCUT2D eigenvalue weighted by atomic mass is 127. The number of benzene rings is 1. The van der Waals surface area contributed by atoms with Gasteiger partial charge in [0.25, 0.3) is 0 Å². The van der Waals surface area contributed by atoms with Crippen LogP contribution in [0.3, 0.4) is 0 Å². The molecule has 0 bridgehead atoms. The number of hydrogen-bond donors (Lipinski definition) is 1. The van der Waals surface area contributed by atoms with Crippen LogP contribution in [0.15, 0.2) is 36.1 Å². The Hall–Kier alpha value is -2.03. The Balaban J connectivity index is 2.30. The normalized spacial score (nSPS) is 10.9. The van der Waals surface area contributed by atoms with Gasteiger partial charge in [0.15, 0.2) is 11.5 Å². The van der Waals surface area contributed by atoms with Crippen molar-refractivity contribution in [3.63, 3.8) is 0 Å². The molecule has 22 heavy (non-hydrogen) atoms. The zero-order valence-electron chi connectivity index (χ0n) is 12.4. The maximum Gasteiger partial charge on any atom is 0.221 e. The second-order valence-corrected chi connectivity index (χ2v) is 5.63. The third kappa shape index (κ3) is 3.79. The van der Waals surface area contributed by atoms with E-state index in [9.17, 15) is 0 Å². The topological polar surface area (TPSA) is 74.7 Å². The summed E-state index contributed by atoms with van der Waals surface area (Å²) in [6, 6.07) is 3.80. The van der Waals surface area contributed by atoms with E-state index in [0.29, 0.717) is 24.1 Å². The lowest BCUT2D eigenvalue weighted by molar-refractivity contribution is 0.324. The molecule has 0 fully saturated rings. The van der Waals surface area contributed by atoms with Crippen LogP contribution < -0.4 is 15.2 Å². The van der Waals surface area contributed by atoms with Crippen molar-refractivity contribution in [2.24, 2.45) is 5.10 Å². The smallest absolute Gasteiger partial charge is 0.221 e. The molecule has 0 unspecified atom stereocenters. The van der Waals surface area contributed by atoms with Crippen molar-refractivity contribution in [1.82, 2.24) is 9.66 Å². The molecule has 0 saturated carbocycles. The zero-order valence-corrected chi connectivity index (χ0v) is 14.6. The van der Waals surface area contributed by atoms with Crippen LogP contribution in [-0.2, 0) is 0 Å². The molecule has 0 spiro atoms. The van der Waals surface area contributed by atoms with Gasteiger partial charge in [-0.25, -0.2) is 9.66 Å². The molecule has 1 heterocycles. The van der Waals surface area contributed by atoms with Gasteiger partial charge in [-0.3, -0.25) is 0 Å². The van der Waals surface area contributed by atoms with Gasteiger partial charge in [-0.1, -0.05) is 12.7 Å². The summed E-state index contributed by atoms with van der Waals surface area (Å²) < 4.78 is 13.4. The van der Waals surface area contributed by atoms with Crippen LogP contribution in [0, 0.1) is 10.5 Å². The summed E-state index contributed by atoms with van der Waals surface area (Å²) in [7, 11) is 1.60. The summed E-state index contributed by atoms with van der Waals surface area (Å²) in [6.45, 7) is 5.92. The Kier molecular flexibility index (Phi) is 5.42. The van der Waals surface area contributed by atoms with Gasteiger partial charge in [-0.15, -0.1) is 0 Å². The molecule has 2 rings (SSSR count). The number of nitrogen functional groups attached to an aromatic ring is 1. The summed E-state index contributed by atoms with van der Waals surface area (Å²) in [5, 5.41) is 4.29. The van der Waals surface area contributed by atoms with Crippen molar-refractivity contribution >= 4 is 34.8 Å². The number of hydrogen-bond acceptors (Lipinski definition) is 5. The van der Waals surface area contributed by atoms with Crippen molar-refractivity contribution in [3.05, 3.63) is 45.8 Å². The lowest BCUT2D eigenvalue weighted by atomic mass is 10.2. The van der Waals surface area contributed by atoms with Gasteiger partial charge in [0, 0.05) is 0 Å². The molecule has 7 heteroatoms. The van der Waals surface area contributed by atoms with Gasteiger partial charge in [0.2, 0.25) is 5.95 Å². The lowest BCUT2D eigenvalue weighted by Crippen LogP contribution is -2.00. The van der Waals surface area contributed by atoms with E-state index in [1.807, 2.05) is 19.1 Å². The molecule has 0 saturated heterocycles. The number of rotatable bonds is 6. The van der Waals surface area contributed by atoms with Gasteiger partial charge >= 0.3 is 0 Å². The van der Waals surface area contributed by atoms with Crippen molar-refractivity contribution < 1.29 is 9.47 Å². The third-order valence-electron chi connectivity index (χ3n) is 2.76. The second kappa shape index (κ2) is 7.30. The van der Waals surface area contributed by atoms with Gasteiger partial charge in [0.1, 0.15) is 6.61 Å². The molecule has 0 atom stereocenters.